The fourth-order valence-corrected chi connectivity index (χ4v) is 2.98. The molecule has 24 heavy (non-hydrogen) atoms. The highest BCUT2D eigenvalue weighted by Crippen LogP contribution is 2.07. The van der Waals surface area contributed by atoms with Crippen molar-refractivity contribution in [2.75, 3.05) is 46.3 Å². The summed E-state index contributed by atoms with van der Waals surface area (Å²) in [4.78, 5) is 9.46. The molecule has 0 bridgehead atoms. The van der Waals surface area contributed by atoms with Gasteiger partial charge in [0.05, 0.1) is 0 Å². The van der Waals surface area contributed by atoms with Crippen LogP contribution in [0, 0.1) is 5.92 Å². The Hall–Kier alpha value is -0.0800. The van der Waals surface area contributed by atoms with E-state index < -0.39 is 0 Å². The zero-order chi connectivity index (χ0) is 17.2. The highest BCUT2D eigenvalue weighted by atomic mass is 127. The Morgan fingerprint density at radius 3 is 2.17 bits per heavy atom. The van der Waals surface area contributed by atoms with Crippen molar-refractivity contribution in [2.45, 2.75) is 59.5 Å². The van der Waals surface area contributed by atoms with Crippen LogP contribution in [0.1, 0.15) is 47.5 Å². The maximum Gasteiger partial charge on any atom is 0.191 e. The van der Waals surface area contributed by atoms with Gasteiger partial charge in [0, 0.05) is 51.9 Å². The van der Waals surface area contributed by atoms with Gasteiger partial charge in [-0.05, 0) is 39.2 Å². The molecule has 2 N–H and O–H groups in total. The lowest BCUT2D eigenvalue weighted by Crippen LogP contribution is -2.53. The molecule has 1 aliphatic heterocycles. The molecule has 1 fully saturated rings. The Balaban J connectivity index is 0.00000529. The van der Waals surface area contributed by atoms with Crippen molar-refractivity contribution >= 4 is 29.9 Å². The van der Waals surface area contributed by atoms with Crippen LogP contribution in [0.3, 0.4) is 0 Å². The van der Waals surface area contributed by atoms with Crippen molar-refractivity contribution < 1.29 is 0 Å². The molecule has 1 rings (SSSR count). The first kappa shape index (κ1) is 23.9. The van der Waals surface area contributed by atoms with Crippen LogP contribution in [0.15, 0.2) is 4.99 Å². The van der Waals surface area contributed by atoms with Crippen LogP contribution in [-0.4, -0.2) is 74.2 Å². The molecule has 1 aliphatic rings. The van der Waals surface area contributed by atoms with Crippen LogP contribution in [-0.2, 0) is 0 Å². The Morgan fingerprint density at radius 2 is 1.67 bits per heavy atom. The Bertz CT molecular complexity index is 340. The summed E-state index contributed by atoms with van der Waals surface area (Å²) in [7, 11) is 1.86. The van der Waals surface area contributed by atoms with Crippen molar-refractivity contribution in [3.05, 3.63) is 0 Å². The van der Waals surface area contributed by atoms with Crippen LogP contribution in [0.4, 0.5) is 0 Å². The molecule has 1 heterocycles. The third-order valence-corrected chi connectivity index (χ3v) is 4.83. The van der Waals surface area contributed by atoms with Crippen molar-refractivity contribution in [2.24, 2.45) is 10.9 Å². The normalized spacial score (nSPS) is 19.7. The highest BCUT2D eigenvalue weighted by molar-refractivity contribution is 14.0. The number of hydrogen-bond acceptors (Lipinski definition) is 3. The lowest BCUT2D eigenvalue weighted by molar-refractivity contribution is 0.107. The van der Waals surface area contributed by atoms with Gasteiger partial charge in [0.25, 0.3) is 0 Å². The zero-order valence-corrected chi connectivity index (χ0v) is 19.0. The molecular weight excluding hydrogens is 413 g/mol. The van der Waals surface area contributed by atoms with E-state index in [-0.39, 0.29) is 24.0 Å². The Morgan fingerprint density at radius 1 is 1.04 bits per heavy atom. The maximum absolute atomic E-state index is 4.37. The first-order chi connectivity index (χ1) is 11.0. The van der Waals surface area contributed by atoms with E-state index in [4.69, 9.17) is 0 Å². The van der Waals surface area contributed by atoms with E-state index in [1.54, 1.807) is 0 Å². The Kier molecular flexibility index (Phi) is 13.1. The van der Waals surface area contributed by atoms with Gasteiger partial charge in [-0.3, -0.25) is 9.89 Å². The quantitative estimate of drug-likeness (QED) is 0.337. The van der Waals surface area contributed by atoms with E-state index in [1.807, 2.05) is 7.05 Å². The lowest BCUT2D eigenvalue weighted by atomic mass is 10.0. The van der Waals surface area contributed by atoms with E-state index in [0.717, 1.165) is 18.4 Å². The second kappa shape index (κ2) is 13.2. The molecule has 0 aromatic heterocycles. The molecule has 1 saturated heterocycles. The number of nitrogens with one attached hydrogen (secondary N) is 2. The number of halogens is 1. The minimum Gasteiger partial charge on any atom is -0.355 e. The van der Waals surface area contributed by atoms with E-state index in [0.29, 0.717) is 12.1 Å². The number of hydrogen-bond donors (Lipinski definition) is 2. The molecule has 0 radical (unpaired) electrons. The molecule has 6 heteroatoms. The fraction of sp³-hybridized carbons (Fsp3) is 0.944. The monoisotopic (exact) mass is 453 g/mol. The third kappa shape index (κ3) is 9.42. The first-order valence-electron chi connectivity index (χ1n) is 9.39. The largest absolute Gasteiger partial charge is 0.355 e. The fourth-order valence-electron chi connectivity index (χ4n) is 2.98. The van der Waals surface area contributed by atoms with Crippen molar-refractivity contribution in [1.29, 1.82) is 0 Å². The summed E-state index contributed by atoms with van der Waals surface area (Å²) in [6.07, 6.45) is 2.44. The molecule has 0 spiro atoms. The topological polar surface area (TPSA) is 42.9 Å². The van der Waals surface area contributed by atoms with Crippen molar-refractivity contribution in [1.82, 2.24) is 20.4 Å². The minimum absolute atomic E-state index is 0. The average Bonchev–Trinajstić information content (AvgIpc) is 2.56. The summed E-state index contributed by atoms with van der Waals surface area (Å²) in [6, 6.07) is 1.01. The summed E-state index contributed by atoms with van der Waals surface area (Å²) in [5.74, 6) is 1.69. The van der Waals surface area contributed by atoms with E-state index in [1.165, 1.54) is 45.6 Å². The summed E-state index contributed by atoms with van der Waals surface area (Å²) in [5.41, 5.74) is 0. The standard InChI is InChI=1S/C18H39N5.HI/c1-7-22-10-12-23(13-11-22)17(5)14-20-18(19-6)21-16(4)9-8-15(2)3;/h15-17H,7-14H2,1-6H3,(H2,19,20,21);1H. The molecule has 0 amide bonds. The van der Waals surface area contributed by atoms with Gasteiger partial charge >= 0.3 is 0 Å². The second-order valence-corrected chi connectivity index (χ2v) is 7.29. The maximum atomic E-state index is 4.37. The van der Waals surface area contributed by atoms with Crippen LogP contribution in [0.2, 0.25) is 0 Å². The van der Waals surface area contributed by atoms with E-state index in [2.05, 4.69) is 60.0 Å². The van der Waals surface area contributed by atoms with Gasteiger partial charge in [-0.2, -0.15) is 0 Å². The number of piperazine rings is 1. The molecule has 2 atom stereocenters. The van der Waals surface area contributed by atoms with E-state index >= 15 is 0 Å². The van der Waals surface area contributed by atoms with Gasteiger partial charge in [0.2, 0.25) is 0 Å². The second-order valence-electron chi connectivity index (χ2n) is 7.29. The Labute approximate surface area is 167 Å². The number of aliphatic imine (C=N–C) groups is 1. The van der Waals surface area contributed by atoms with Gasteiger partial charge < -0.3 is 15.5 Å². The van der Waals surface area contributed by atoms with Crippen molar-refractivity contribution in [3.8, 4) is 0 Å². The number of guanidine groups is 1. The summed E-state index contributed by atoms with van der Waals surface area (Å²) < 4.78 is 0. The lowest BCUT2D eigenvalue weighted by Gasteiger charge is -2.37. The van der Waals surface area contributed by atoms with Gasteiger partial charge in [-0.15, -0.1) is 24.0 Å². The summed E-state index contributed by atoms with van der Waals surface area (Å²) in [5, 5.41) is 7.00. The molecule has 0 aromatic carbocycles. The predicted molar refractivity (Wildman–Crippen MR) is 117 cm³/mol. The molecule has 2 unspecified atom stereocenters. The van der Waals surface area contributed by atoms with Crippen molar-refractivity contribution in [3.63, 3.8) is 0 Å². The molecule has 0 saturated carbocycles. The predicted octanol–water partition coefficient (Wildman–Crippen LogP) is 2.62. The highest BCUT2D eigenvalue weighted by Gasteiger charge is 2.20. The SMILES string of the molecule is CCN1CCN(C(C)CNC(=NC)NC(C)CCC(C)C)CC1.I. The smallest absolute Gasteiger partial charge is 0.191 e. The van der Waals surface area contributed by atoms with Gasteiger partial charge in [-0.25, -0.2) is 0 Å². The van der Waals surface area contributed by atoms with Crippen LogP contribution in [0.25, 0.3) is 0 Å². The number of nitrogens with zero attached hydrogens (tertiary/aromatic N) is 3. The molecular formula is C18H40IN5. The number of rotatable bonds is 8. The average molecular weight is 453 g/mol. The summed E-state index contributed by atoms with van der Waals surface area (Å²) >= 11 is 0. The van der Waals surface area contributed by atoms with Gasteiger partial charge in [0.15, 0.2) is 5.96 Å². The zero-order valence-electron chi connectivity index (χ0n) is 16.6. The molecule has 0 aromatic rings. The van der Waals surface area contributed by atoms with E-state index in [9.17, 15) is 0 Å². The molecule has 0 aliphatic carbocycles. The van der Waals surface area contributed by atoms with Crippen LogP contribution < -0.4 is 10.6 Å². The number of likely N-dealkylation sites (N-methyl/N-ethyl adjacent to an activating group) is 1. The van der Waals surface area contributed by atoms with Crippen LogP contribution >= 0.6 is 24.0 Å². The molecule has 5 nitrogen and oxygen atoms in total. The van der Waals surface area contributed by atoms with Gasteiger partial charge in [-0.1, -0.05) is 20.8 Å². The third-order valence-electron chi connectivity index (χ3n) is 4.83. The summed E-state index contributed by atoms with van der Waals surface area (Å²) in [6.45, 7) is 18.2. The van der Waals surface area contributed by atoms with Gasteiger partial charge in [0.1, 0.15) is 0 Å². The minimum atomic E-state index is 0. The first-order valence-corrected chi connectivity index (χ1v) is 9.39. The van der Waals surface area contributed by atoms with Crippen LogP contribution in [0.5, 0.6) is 0 Å². The molecule has 144 valence electrons.